The lowest BCUT2D eigenvalue weighted by atomic mass is 10.3. The van der Waals surface area contributed by atoms with E-state index in [0.29, 0.717) is 6.10 Å². The molecule has 0 bridgehead atoms. The third-order valence-electron chi connectivity index (χ3n) is 1.12. The summed E-state index contributed by atoms with van der Waals surface area (Å²) in [5, 5.41) is 0. The van der Waals surface area contributed by atoms with Gasteiger partial charge in [-0.2, -0.15) is 0 Å². The lowest BCUT2D eigenvalue weighted by molar-refractivity contribution is 0.155. The average Bonchev–Trinajstić information content (AvgIpc) is 2.19. The quantitative estimate of drug-likeness (QED) is 0.526. The molecule has 8 heavy (non-hydrogen) atoms. The van der Waals surface area contributed by atoms with E-state index in [9.17, 15) is 0 Å². The Balaban J connectivity index is 2.06. The van der Waals surface area contributed by atoms with Crippen LogP contribution in [0.4, 0.5) is 0 Å². The van der Waals surface area contributed by atoms with Gasteiger partial charge in [0.25, 0.3) is 0 Å². The molecule has 0 N–H and O–H groups in total. The molecule has 1 aliphatic heterocycles. The van der Waals surface area contributed by atoms with Gasteiger partial charge in [-0.1, -0.05) is 0 Å². The molecule has 1 rings (SSSR count). The van der Waals surface area contributed by atoms with E-state index in [1.54, 1.807) is 0 Å². The zero-order chi connectivity index (χ0) is 5.82. The second-order valence-corrected chi connectivity index (χ2v) is 2.27. The molecule has 0 radical (unpaired) electrons. The molecule has 0 aromatic heterocycles. The first-order valence-corrected chi connectivity index (χ1v) is 3.85. The first kappa shape index (κ1) is 6.39. The van der Waals surface area contributed by atoms with Crippen molar-refractivity contribution in [3.63, 3.8) is 0 Å². The highest BCUT2D eigenvalue weighted by molar-refractivity contribution is 7.93. The standard InChI is InChI=1S/C5H10O2S/c1-8-7-5-2-3-6-4-5/h5H,2-4H2,1H3. The summed E-state index contributed by atoms with van der Waals surface area (Å²) in [7, 11) is 0. The first-order valence-electron chi connectivity index (χ1n) is 2.70. The summed E-state index contributed by atoms with van der Waals surface area (Å²) in [4.78, 5) is 0. The summed E-state index contributed by atoms with van der Waals surface area (Å²) in [6.45, 7) is 1.64. The minimum absolute atomic E-state index is 0.352. The van der Waals surface area contributed by atoms with E-state index >= 15 is 0 Å². The van der Waals surface area contributed by atoms with Gasteiger partial charge in [0.05, 0.1) is 12.7 Å². The molecule has 1 fully saturated rings. The molecule has 1 heterocycles. The largest absolute Gasteiger partial charge is 0.379 e. The molecule has 0 spiro atoms. The minimum atomic E-state index is 0.352. The molecule has 0 aromatic carbocycles. The Labute approximate surface area is 53.8 Å². The fraction of sp³-hybridized carbons (Fsp3) is 1.00. The highest BCUT2D eigenvalue weighted by atomic mass is 32.2. The second kappa shape index (κ2) is 3.33. The average molecular weight is 134 g/mol. The predicted octanol–water partition coefficient (Wildman–Crippen LogP) is 1.07. The summed E-state index contributed by atoms with van der Waals surface area (Å²) in [6.07, 6.45) is 3.34. The topological polar surface area (TPSA) is 18.5 Å². The van der Waals surface area contributed by atoms with Crippen LogP contribution >= 0.6 is 12.0 Å². The number of rotatable bonds is 2. The van der Waals surface area contributed by atoms with Crippen molar-refractivity contribution in [3.8, 4) is 0 Å². The monoisotopic (exact) mass is 134 g/mol. The highest BCUT2D eigenvalue weighted by Crippen LogP contribution is 2.12. The molecular formula is C5H10O2S. The predicted molar refractivity (Wildman–Crippen MR) is 33.8 cm³/mol. The van der Waals surface area contributed by atoms with Gasteiger partial charge in [-0.05, 0) is 12.0 Å². The van der Waals surface area contributed by atoms with Crippen molar-refractivity contribution in [1.29, 1.82) is 0 Å². The van der Waals surface area contributed by atoms with Crippen LogP contribution in [0.25, 0.3) is 0 Å². The van der Waals surface area contributed by atoms with Crippen LogP contribution in [0, 0.1) is 0 Å². The molecular weight excluding hydrogens is 124 g/mol. The molecule has 3 heteroatoms. The van der Waals surface area contributed by atoms with E-state index in [4.69, 9.17) is 8.92 Å². The van der Waals surface area contributed by atoms with Crippen molar-refractivity contribution in [2.75, 3.05) is 19.5 Å². The Hall–Kier alpha value is 0.270. The van der Waals surface area contributed by atoms with Gasteiger partial charge in [0.15, 0.2) is 0 Å². The van der Waals surface area contributed by atoms with Crippen LogP contribution < -0.4 is 0 Å². The van der Waals surface area contributed by atoms with Crippen molar-refractivity contribution in [2.24, 2.45) is 0 Å². The number of ether oxygens (including phenoxy) is 1. The summed E-state index contributed by atoms with van der Waals surface area (Å²) in [6, 6.07) is 0. The van der Waals surface area contributed by atoms with Crippen LogP contribution in [0.2, 0.25) is 0 Å². The van der Waals surface area contributed by atoms with E-state index in [-0.39, 0.29) is 0 Å². The Morgan fingerprint density at radius 3 is 3.12 bits per heavy atom. The van der Waals surface area contributed by atoms with Crippen LogP contribution in [0.1, 0.15) is 6.42 Å². The van der Waals surface area contributed by atoms with Crippen molar-refractivity contribution < 1.29 is 8.92 Å². The highest BCUT2D eigenvalue weighted by Gasteiger charge is 2.14. The van der Waals surface area contributed by atoms with Crippen LogP contribution in [0.5, 0.6) is 0 Å². The minimum Gasteiger partial charge on any atom is -0.379 e. The lowest BCUT2D eigenvalue weighted by Gasteiger charge is -2.02. The van der Waals surface area contributed by atoms with Crippen LogP contribution in [-0.4, -0.2) is 25.6 Å². The van der Waals surface area contributed by atoms with Gasteiger partial charge in [-0.25, -0.2) is 0 Å². The van der Waals surface area contributed by atoms with Crippen molar-refractivity contribution in [2.45, 2.75) is 12.5 Å². The molecule has 2 nitrogen and oxygen atoms in total. The van der Waals surface area contributed by atoms with Gasteiger partial charge >= 0.3 is 0 Å². The van der Waals surface area contributed by atoms with Crippen molar-refractivity contribution in [1.82, 2.24) is 0 Å². The van der Waals surface area contributed by atoms with Crippen LogP contribution in [0.15, 0.2) is 0 Å². The maximum atomic E-state index is 5.19. The van der Waals surface area contributed by atoms with E-state index in [1.807, 2.05) is 6.26 Å². The molecule has 0 aromatic rings. The van der Waals surface area contributed by atoms with Gasteiger partial charge in [-0.15, -0.1) is 0 Å². The zero-order valence-corrected chi connectivity index (χ0v) is 5.74. The normalized spacial score (nSPS) is 28.9. The molecule has 0 aliphatic carbocycles. The van der Waals surface area contributed by atoms with E-state index in [1.165, 1.54) is 12.0 Å². The van der Waals surface area contributed by atoms with E-state index < -0.39 is 0 Å². The maximum Gasteiger partial charge on any atom is 0.0977 e. The van der Waals surface area contributed by atoms with Gasteiger partial charge in [0.1, 0.15) is 0 Å². The summed E-state index contributed by atoms with van der Waals surface area (Å²) < 4.78 is 10.3. The number of hydrogen-bond acceptors (Lipinski definition) is 3. The third-order valence-corrected chi connectivity index (χ3v) is 1.58. The van der Waals surface area contributed by atoms with Crippen molar-refractivity contribution >= 4 is 12.0 Å². The maximum absolute atomic E-state index is 5.19. The smallest absolute Gasteiger partial charge is 0.0977 e. The van der Waals surface area contributed by atoms with Crippen molar-refractivity contribution in [3.05, 3.63) is 0 Å². The molecule has 48 valence electrons. The third kappa shape index (κ3) is 1.65. The SMILES string of the molecule is CSOC1CCOC1. The molecule has 1 unspecified atom stereocenters. The van der Waals surface area contributed by atoms with Crippen LogP contribution in [0.3, 0.4) is 0 Å². The fourth-order valence-corrected chi connectivity index (χ4v) is 1.15. The van der Waals surface area contributed by atoms with E-state index in [2.05, 4.69) is 0 Å². The lowest BCUT2D eigenvalue weighted by Crippen LogP contribution is -2.06. The Morgan fingerprint density at radius 1 is 1.75 bits per heavy atom. The molecule has 1 aliphatic rings. The molecule has 1 saturated heterocycles. The molecule has 0 saturated carbocycles. The van der Waals surface area contributed by atoms with Gasteiger partial charge in [0.2, 0.25) is 0 Å². The van der Waals surface area contributed by atoms with Crippen LogP contribution in [-0.2, 0) is 8.92 Å². The summed E-state index contributed by atoms with van der Waals surface area (Å²) in [5.74, 6) is 0. The summed E-state index contributed by atoms with van der Waals surface area (Å²) >= 11 is 1.42. The fourth-order valence-electron chi connectivity index (χ4n) is 0.725. The van der Waals surface area contributed by atoms with Gasteiger partial charge < -0.3 is 8.92 Å². The zero-order valence-electron chi connectivity index (χ0n) is 4.92. The number of hydrogen-bond donors (Lipinski definition) is 0. The molecule has 0 amide bonds. The molecule has 1 atom stereocenters. The Kier molecular flexibility index (Phi) is 2.66. The first-order chi connectivity index (χ1) is 3.93. The Morgan fingerprint density at radius 2 is 2.62 bits per heavy atom. The second-order valence-electron chi connectivity index (χ2n) is 1.75. The van der Waals surface area contributed by atoms with Gasteiger partial charge in [0, 0.05) is 19.3 Å². The van der Waals surface area contributed by atoms with Gasteiger partial charge in [-0.3, -0.25) is 0 Å². The van der Waals surface area contributed by atoms with E-state index in [0.717, 1.165) is 19.6 Å². The Bertz CT molecular complexity index is 61.4. The summed E-state index contributed by atoms with van der Waals surface area (Å²) in [5.41, 5.74) is 0.